The second-order valence-corrected chi connectivity index (χ2v) is 3.50. The largest absolute Gasteiger partial charge is 0.493 e. The van der Waals surface area contributed by atoms with Crippen molar-refractivity contribution in [1.82, 2.24) is 0 Å². The molecule has 0 radical (unpaired) electrons. The van der Waals surface area contributed by atoms with Gasteiger partial charge in [-0.25, -0.2) is 4.39 Å². The lowest BCUT2D eigenvalue weighted by Gasteiger charge is -2.11. The number of halogens is 2. The summed E-state index contributed by atoms with van der Waals surface area (Å²) in [4.78, 5) is 0. The Morgan fingerprint density at radius 1 is 1.21 bits per heavy atom. The van der Waals surface area contributed by atoms with E-state index >= 15 is 0 Å². The minimum Gasteiger partial charge on any atom is -0.493 e. The average Bonchev–Trinajstić information content (AvgIpc) is 2.16. The molecule has 0 aliphatic carbocycles. The fraction of sp³-hybridized carbons (Fsp3) is 0.400. The molecule has 4 heteroatoms. The fourth-order valence-corrected chi connectivity index (χ4v) is 1.34. The summed E-state index contributed by atoms with van der Waals surface area (Å²) in [5.74, 6) is 0.465. The van der Waals surface area contributed by atoms with Gasteiger partial charge >= 0.3 is 0 Å². The standard InChI is InChI=1S/C10H12ClFO2/c1-6(11)7-4-9(13-2)10(14-3)5-8(7)12/h4-6H,1-3H3. The number of alkyl halides is 1. The Morgan fingerprint density at radius 3 is 2.14 bits per heavy atom. The molecule has 0 fully saturated rings. The van der Waals surface area contributed by atoms with Crippen LogP contribution in [0.2, 0.25) is 0 Å². The van der Waals surface area contributed by atoms with E-state index in [-0.39, 0.29) is 5.82 Å². The zero-order valence-electron chi connectivity index (χ0n) is 8.30. The molecule has 0 N–H and O–H groups in total. The summed E-state index contributed by atoms with van der Waals surface area (Å²) in [5.41, 5.74) is 0.407. The van der Waals surface area contributed by atoms with Gasteiger partial charge < -0.3 is 9.47 Å². The van der Waals surface area contributed by atoms with Gasteiger partial charge in [0.1, 0.15) is 5.82 Å². The molecule has 0 amide bonds. The predicted octanol–water partition coefficient (Wildman–Crippen LogP) is 3.14. The fourth-order valence-electron chi connectivity index (χ4n) is 1.17. The summed E-state index contributed by atoms with van der Waals surface area (Å²) in [6.45, 7) is 1.70. The molecule has 0 spiro atoms. The van der Waals surface area contributed by atoms with Crippen molar-refractivity contribution in [2.75, 3.05) is 14.2 Å². The van der Waals surface area contributed by atoms with Crippen LogP contribution in [-0.4, -0.2) is 14.2 Å². The first kappa shape index (κ1) is 11.1. The van der Waals surface area contributed by atoms with Gasteiger partial charge in [-0.1, -0.05) is 0 Å². The van der Waals surface area contributed by atoms with Gasteiger partial charge in [0.05, 0.1) is 19.6 Å². The van der Waals surface area contributed by atoms with Crippen LogP contribution in [0.5, 0.6) is 11.5 Å². The summed E-state index contributed by atoms with van der Waals surface area (Å²) in [5, 5.41) is -0.394. The number of rotatable bonds is 3. The van der Waals surface area contributed by atoms with Crippen molar-refractivity contribution in [1.29, 1.82) is 0 Å². The van der Waals surface area contributed by atoms with Crippen molar-refractivity contribution < 1.29 is 13.9 Å². The van der Waals surface area contributed by atoms with Crippen LogP contribution in [-0.2, 0) is 0 Å². The van der Waals surface area contributed by atoms with Crippen LogP contribution in [0.15, 0.2) is 12.1 Å². The summed E-state index contributed by atoms with van der Waals surface area (Å²) < 4.78 is 23.4. The Kier molecular flexibility index (Phi) is 3.58. The topological polar surface area (TPSA) is 18.5 Å². The van der Waals surface area contributed by atoms with E-state index in [0.29, 0.717) is 17.1 Å². The van der Waals surface area contributed by atoms with Gasteiger partial charge in [0, 0.05) is 11.6 Å². The molecule has 1 rings (SSSR count). The Bertz CT molecular complexity index is 326. The first-order valence-corrected chi connectivity index (χ1v) is 4.59. The molecule has 1 aromatic rings. The van der Waals surface area contributed by atoms with Crippen LogP contribution in [0.1, 0.15) is 17.9 Å². The Hall–Kier alpha value is -0.960. The molecule has 78 valence electrons. The highest BCUT2D eigenvalue weighted by Crippen LogP contribution is 2.34. The highest BCUT2D eigenvalue weighted by Gasteiger charge is 2.14. The lowest BCUT2D eigenvalue weighted by Crippen LogP contribution is -1.96. The van der Waals surface area contributed by atoms with Crippen LogP contribution in [0.3, 0.4) is 0 Å². The molecule has 0 aliphatic rings. The molecule has 0 saturated carbocycles. The molecule has 2 nitrogen and oxygen atoms in total. The van der Waals surface area contributed by atoms with E-state index in [1.807, 2.05) is 0 Å². The van der Waals surface area contributed by atoms with Crippen molar-refractivity contribution in [2.24, 2.45) is 0 Å². The van der Waals surface area contributed by atoms with Crippen LogP contribution in [0.4, 0.5) is 4.39 Å². The maximum Gasteiger partial charge on any atom is 0.163 e. The predicted molar refractivity (Wildman–Crippen MR) is 53.8 cm³/mol. The third-order valence-corrected chi connectivity index (χ3v) is 2.17. The minimum atomic E-state index is -0.394. The number of ether oxygens (including phenoxy) is 2. The summed E-state index contributed by atoms with van der Waals surface area (Å²) >= 11 is 5.80. The van der Waals surface area contributed by atoms with Crippen molar-refractivity contribution in [3.05, 3.63) is 23.5 Å². The normalized spacial score (nSPS) is 12.4. The van der Waals surface area contributed by atoms with Crippen molar-refractivity contribution in [3.63, 3.8) is 0 Å². The molecular weight excluding hydrogens is 207 g/mol. The maximum atomic E-state index is 13.4. The number of benzene rings is 1. The molecule has 0 saturated heterocycles. The molecule has 0 aromatic heterocycles. The molecule has 1 atom stereocenters. The van der Waals surface area contributed by atoms with Gasteiger partial charge in [0.15, 0.2) is 11.5 Å². The molecule has 1 aromatic carbocycles. The van der Waals surface area contributed by atoms with E-state index in [1.54, 1.807) is 13.0 Å². The Balaban J connectivity index is 3.23. The van der Waals surface area contributed by atoms with Gasteiger partial charge in [0.25, 0.3) is 0 Å². The minimum absolute atomic E-state index is 0.367. The second kappa shape index (κ2) is 4.51. The third kappa shape index (κ3) is 2.10. The molecule has 0 bridgehead atoms. The Morgan fingerprint density at radius 2 is 1.71 bits per heavy atom. The van der Waals surface area contributed by atoms with E-state index in [0.717, 1.165) is 0 Å². The van der Waals surface area contributed by atoms with E-state index < -0.39 is 5.38 Å². The van der Waals surface area contributed by atoms with E-state index in [4.69, 9.17) is 21.1 Å². The van der Waals surface area contributed by atoms with Gasteiger partial charge in [0.2, 0.25) is 0 Å². The maximum absolute atomic E-state index is 13.4. The van der Waals surface area contributed by atoms with Crippen molar-refractivity contribution in [3.8, 4) is 11.5 Å². The van der Waals surface area contributed by atoms with E-state index in [9.17, 15) is 4.39 Å². The van der Waals surface area contributed by atoms with Crippen LogP contribution in [0.25, 0.3) is 0 Å². The Labute approximate surface area is 87.6 Å². The second-order valence-electron chi connectivity index (χ2n) is 2.84. The lowest BCUT2D eigenvalue weighted by atomic mass is 10.1. The van der Waals surface area contributed by atoms with Gasteiger partial charge in [-0.05, 0) is 13.0 Å². The number of hydrogen-bond donors (Lipinski definition) is 0. The smallest absolute Gasteiger partial charge is 0.163 e. The quantitative estimate of drug-likeness (QED) is 0.726. The van der Waals surface area contributed by atoms with Gasteiger partial charge in [-0.2, -0.15) is 0 Å². The first-order chi connectivity index (χ1) is 6.60. The SMILES string of the molecule is COc1cc(F)c(C(C)Cl)cc1OC. The van der Waals surface area contributed by atoms with Gasteiger partial charge in [-0.15, -0.1) is 11.6 Å². The number of hydrogen-bond acceptors (Lipinski definition) is 2. The van der Waals surface area contributed by atoms with Crippen LogP contribution in [0, 0.1) is 5.82 Å². The summed E-state index contributed by atoms with van der Waals surface area (Å²) in [6.07, 6.45) is 0. The lowest BCUT2D eigenvalue weighted by molar-refractivity contribution is 0.351. The molecular formula is C10H12ClFO2. The zero-order chi connectivity index (χ0) is 10.7. The monoisotopic (exact) mass is 218 g/mol. The highest BCUT2D eigenvalue weighted by atomic mass is 35.5. The summed E-state index contributed by atoms with van der Waals surface area (Å²) in [6, 6.07) is 2.82. The average molecular weight is 219 g/mol. The third-order valence-electron chi connectivity index (χ3n) is 1.93. The number of methoxy groups -OCH3 is 2. The van der Waals surface area contributed by atoms with Crippen LogP contribution >= 0.6 is 11.6 Å². The first-order valence-electron chi connectivity index (χ1n) is 4.15. The molecule has 1 unspecified atom stereocenters. The van der Waals surface area contributed by atoms with Crippen LogP contribution < -0.4 is 9.47 Å². The molecule has 0 aliphatic heterocycles. The molecule has 0 heterocycles. The molecule has 14 heavy (non-hydrogen) atoms. The van der Waals surface area contributed by atoms with Crippen molar-refractivity contribution >= 4 is 11.6 Å². The van der Waals surface area contributed by atoms with Gasteiger partial charge in [-0.3, -0.25) is 0 Å². The van der Waals surface area contributed by atoms with Crippen molar-refractivity contribution in [2.45, 2.75) is 12.3 Å². The summed E-state index contributed by atoms with van der Waals surface area (Å²) in [7, 11) is 2.96. The van der Waals surface area contributed by atoms with E-state index in [1.165, 1.54) is 20.3 Å². The van der Waals surface area contributed by atoms with E-state index in [2.05, 4.69) is 0 Å². The highest BCUT2D eigenvalue weighted by molar-refractivity contribution is 6.20. The zero-order valence-corrected chi connectivity index (χ0v) is 9.06.